The number of nitrogens with one attached hydrogen (secondary N) is 3. The van der Waals surface area contributed by atoms with Crippen molar-refractivity contribution in [3.8, 4) is 0 Å². The molecule has 0 bridgehead atoms. The van der Waals surface area contributed by atoms with E-state index < -0.39 is 60.2 Å². The van der Waals surface area contributed by atoms with Crippen LogP contribution in [0.5, 0.6) is 0 Å². The highest BCUT2D eigenvalue weighted by molar-refractivity contribution is 5.94. The lowest BCUT2D eigenvalue weighted by atomic mass is 9.97. The Hall–Kier alpha value is -2.73. The van der Waals surface area contributed by atoms with E-state index in [9.17, 15) is 29.1 Å². The minimum atomic E-state index is -1.23. The van der Waals surface area contributed by atoms with Gasteiger partial charge in [0.15, 0.2) is 0 Å². The molecular weight excluding hydrogens is 458 g/mol. The van der Waals surface area contributed by atoms with Gasteiger partial charge in [-0.1, -0.05) is 40.5 Å². The summed E-state index contributed by atoms with van der Waals surface area (Å²) in [6, 6.07) is -4.33. The molecule has 35 heavy (non-hydrogen) atoms. The van der Waals surface area contributed by atoms with Crippen molar-refractivity contribution in [1.29, 1.82) is 0 Å². The molecule has 12 heteroatoms. The summed E-state index contributed by atoms with van der Waals surface area (Å²) in [6.07, 6.45) is 1.79. The maximum atomic E-state index is 13.0. The molecular formula is C23H43N5O7. The van der Waals surface area contributed by atoms with Gasteiger partial charge in [-0.3, -0.25) is 19.2 Å². The van der Waals surface area contributed by atoms with Crippen LogP contribution in [-0.4, -0.2) is 70.6 Å². The van der Waals surface area contributed by atoms with Crippen molar-refractivity contribution in [2.45, 2.75) is 96.8 Å². The molecule has 0 rings (SSSR count). The Bertz CT molecular complexity index is 716. The molecule has 202 valence electrons. The van der Waals surface area contributed by atoms with E-state index in [2.05, 4.69) is 16.0 Å². The summed E-state index contributed by atoms with van der Waals surface area (Å²) in [4.78, 5) is 61.1. The lowest BCUT2D eigenvalue weighted by molar-refractivity contribution is -0.144. The molecule has 0 spiro atoms. The SMILES string of the molecule is CCC(C)C(NC(=O)C(CC(C)C)NC(=O)C(CCC(=O)O)NC(=O)C(N)CCCCN)C(=O)O. The van der Waals surface area contributed by atoms with Crippen LogP contribution in [0.2, 0.25) is 0 Å². The standard InChI is InChI=1S/C23H43N5O7/c1-5-14(4)19(23(34)35)28-22(33)17(12-13(2)3)27-21(32)16(9-10-18(29)30)26-20(31)15(25)8-6-7-11-24/h13-17,19H,5-12,24-25H2,1-4H3,(H,26,31)(H,27,32)(H,28,33)(H,29,30)(H,34,35). The second-order valence-corrected chi connectivity index (χ2v) is 9.29. The molecule has 9 N–H and O–H groups in total. The van der Waals surface area contributed by atoms with E-state index in [1.54, 1.807) is 13.8 Å². The predicted molar refractivity (Wildman–Crippen MR) is 130 cm³/mol. The number of amides is 3. The minimum Gasteiger partial charge on any atom is -0.481 e. The lowest BCUT2D eigenvalue weighted by Crippen LogP contribution is -2.58. The molecule has 5 unspecified atom stereocenters. The summed E-state index contributed by atoms with van der Waals surface area (Å²) >= 11 is 0. The van der Waals surface area contributed by atoms with Crippen LogP contribution in [-0.2, 0) is 24.0 Å². The number of carbonyl (C=O) groups excluding carboxylic acids is 3. The van der Waals surface area contributed by atoms with E-state index in [1.807, 2.05) is 13.8 Å². The summed E-state index contributed by atoms with van der Waals surface area (Å²) in [5.74, 6) is -4.72. The van der Waals surface area contributed by atoms with Crippen molar-refractivity contribution >= 4 is 29.7 Å². The molecule has 0 aromatic heterocycles. The van der Waals surface area contributed by atoms with Gasteiger partial charge < -0.3 is 37.6 Å². The lowest BCUT2D eigenvalue weighted by Gasteiger charge is -2.27. The van der Waals surface area contributed by atoms with Gasteiger partial charge in [0.2, 0.25) is 17.7 Å². The van der Waals surface area contributed by atoms with Crippen LogP contribution < -0.4 is 27.4 Å². The van der Waals surface area contributed by atoms with E-state index in [0.29, 0.717) is 32.2 Å². The summed E-state index contributed by atoms with van der Waals surface area (Å²) in [7, 11) is 0. The average Bonchev–Trinajstić information content (AvgIpc) is 2.78. The van der Waals surface area contributed by atoms with E-state index in [4.69, 9.17) is 16.6 Å². The van der Waals surface area contributed by atoms with Gasteiger partial charge in [-0.05, 0) is 44.1 Å². The molecule has 12 nitrogen and oxygen atoms in total. The van der Waals surface area contributed by atoms with Gasteiger partial charge >= 0.3 is 11.9 Å². The Labute approximate surface area is 206 Å². The second-order valence-electron chi connectivity index (χ2n) is 9.29. The first kappa shape index (κ1) is 32.3. The number of hydrogen-bond donors (Lipinski definition) is 7. The van der Waals surface area contributed by atoms with Crippen molar-refractivity contribution in [3.05, 3.63) is 0 Å². The highest BCUT2D eigenvalue weighted by Gasteiger charge is 2.32. The number of aliphatic carboxylic acids is 2. The van der Waals surface area contributed by atoms with Gasteiger partial charge in [-0.2, -0.15) is 0 Å². The smallest absolute Gasteiger partial charge is 0.326 e. The second kappa shape index (κ2) is 16.8. The first-order chi connectivity index (χ1) is 16.3. The molecule has 0 aromatic rings. The monoisotopic (exact) mass is 501 g/mol. The summed E-state index contributed by atoms with van der Waals surface area (Å²) < 4.78 is 0. The molecule has 0 aliphatic carbocycles. The molecule has 0 aliphatic heterocycles. The Balaban J connectivity index is 5.54. The third-order valence-corrected chi connectivity index (χ3v) is 5.70. The zero-order chi connectivity index (χ0) is 27.1. The first-order valence-electron chi connectivity index (χ1n) is 12.1. The number of hydrogen-bond acceptors (Lipinski definition) is 7. The highest BCUT2D eigenvalue weighted by Crippen LogP contribution is 2.11. The van der Waals surface area contributed by atoms with Crippen molar-refractivity contribution in [1.82, 2.24) is 16.0 Å². The average molecular weight is 502 g/mol. The Morgan fingerprint density at radius 2 is 1.40 bits per heavy atom. The Morgan fingerprint density at radius 3 is 1.89 bits per heavy atom. The van der Waals surface area contributed by atoms with E-state index >= 15 is 0 Å². The quantitative estimate of drug-likeness (QED) is 0.125. The minimum absolute atomic E-state index is 0.0269. The number of carboxylic acids is 2. The number of rotatable bonds is 18. The summed E-state index contributed by atoms with van der Waals surface area (Å²) in [5, 5.41) is 26.1. The third kappa shape index (κ3) is 13.1. The fourth-order valence-electron chi connectivity index (χ4n) is 3.37. The highest BCUT2D eigenvalue weighted by atomic mass is 16.4. The fraction of sp³-hybridized carbons (Fsp3) is 0.783. The molecule has 0 aromatic carbocycles. The van der Waals surface area contributed by atoms with Crippen LogP contribution in [0.15, 0.2) is 0 Å². The molecule has 0 saturated carbocycles. The van der Waals surface area contributed by atoms with E-state index in [-0.39, 0.29) is 24.7 Å². The third-order valence-electron chi connectivity index (χ3n) is 5.70. The molecule has 5 atom stereocenters. The molecule has 0 saturated heterocycles. The van der Waals surface area contributed by atoms with Crippen LogP contribution >= 0.6 is 0 Å². The van der Waals surface area contributed by atoms with Gasteiger partial charge in [0.05, 0.1) is 6.04 Å². The van der Waals surface area contributed by atoms with Crippen LogP contribution in [0, 0.1) is 11.8 Å². The normalized spacial score (nSPS) is 15.4. The predicted octanol–water partition coefficient (Wildman–Crippen LogP) is -0.0613. The Kier molecular flexibility index (Phi) is 15.5. The van der Waals surface area contributed by atoms with Crippen molar-refractivity contribution in [2.75, 3.05) is 6.54 Å². The van der Waals surface area contributed by atoms with Crippen molar-refractivity contribution < 1.29 is 34.2 Å². The molecule has 0 heterocycles. The van der Waals surface area contributed by atoms with E-state index in [1.165, 1.54) is 0 Å². The number of unbranched alkanes of at least 4 members (excludes halogenated alkanes) is 1. The Morgan fingerprint density at radius 1 is 0.829 bits per heavy atom. The van der Waals surface area contributed by atoms with Gasteiger partial charge in [-0.25, -0.2) is 4.79 Å². The molecule has 0 aliphatic rings. The van der Waals surface area contributed by atoms with Crippen molar-refractivity contribution in [2.24, 2.45) is 23.3 Å². The summed E-state index contributed by atoms with van der Waals surface area (Å²) in [5.41, 5.74) is 11.3. The maximum absolute atomic E-state index is 13.0. The summed E-state index contributed by atoms with van der Waals surface area (Å²) in [6.45, 7) is 7.62. The number of carboxylic acid groups (broad SMARTS) is 2. The van der Waals surface area contributed by atoms with Crippen LogP contribution in [0.4, 0.5) is 0 Å². The largest absolute Gasteiger partial charge is 0.481 e. The van der Waals surface area contributed by atoms with Crippen LogP contribution in [0.3, 0.4) is 0 Å². The van der Waals surface area contributed by atoms with Gasteiger partial charge in [0.1, 0.15) is 18.1 Å². The fourth-order valence-corrected chi connectivity index (χ4v) is 3.37. The van der Waals surface area contributed by atoms with Gasteiger partial charge in [-0.15, -0.1) is 0 Å². The number of carbonyl (C=O) groups is 5. The maximum Gasteiger partial charge on any atom is 0.326 e. The molecule has 0 fully saturated rings. The van der Waals surface area contributed by atoms with Gasteiger partial charge in [0, 0.05) is 6.42 Å². The number of nitrogens with two attached hydrogens (primary N) is 2. The van der Waals surface area contributed by atoms with Gasteiger partial charge in [0.25, 0.3) is 0 Å². The zero-order valence-electron chi connectivity index (χ0n) is 21.2. The zero-order valence-corrected chi connectivity index (χ0v) is 21.2. The van der Waals surface area contributed by atoms with Crippen LogP contribution in [0.1, 0.15) is 72.6 Å². The molecule has 0 radical (unpaired) electrons. The first-order valence-corrected chi connectivity index (χ1v) is 12.1. The molecule has 3 amide bonds. The van der Waals surface area contributed by atoms with E-state index in [0.717, 1.165) is 0 Å². The topological polar surface area (TPSA) is 214 Å². The van der Waals surface area contributed by atoms with Crippen LogP contribution in [0.25, 0.3) is 0 Å². The van der Waals surface area contributed by atoms with Crippen molar-refractivity contribution in [3.63, 3.8) is 0 Å².